The third kappa shape index (κ3) is 5.59. The zero-order valence-electron chi connectivity index (χ0n) is 16.2. The predicted molar refractivity (Wildman–Crippen MR) is 112 cm³/mol. The molecule has 1 saturated carbocycles. The number of halogens is 1. The van der Waals surface area contributed by atoms with E-state index in [9.17, 15) is 9.59 Å². The Bertz CT molecular complexity index is 805. The van der Waals surface area contributed by atoms with Gasteiger partial charge in [-0.2, -0.15) is 0 Å². The fraction of sp³-hybridized carbons (Fsp3) is 0.391. The van der Waals surface area contributed by atoms with Crippen molar-refractivity contribution in [3.8, 4) is 0 Å². The molecule has 1 atom stereocenters. The lowest BCUT2D eigenvalue weighted by atomic mass is 10.0. The summed E-state index contributed by atoms with van der Waals surface area (Å²) in [7, 11) is 0. The van der Waals surface area contributed by atoms with Crippen molar-refractivity contribution in [1.82, 2.24) is 10.2 Å². The average Bonchev–Trinajstić information content (AvgIpc) is 3.52. The van der Waals surface area contributed by atoms with Gasteiger partial charge in [-0.05, 0) is 42.9 Å². The second kappa shape index (κ2) is 9.74. The Hall–Kier alpha value is -2.33. The number of carbonyl (C=O) groups is 2. The maximum absolute atomic E-state index is 13.0. The number of nitrogens with zero attached hydrogens (tertiary/aromatic N) is 1. The number of nitrogens with one attached hydrogen (secondary N) is 1. The summed E-state index contributed by atoms with van der Waals surface area (Å²) in [4.78, 5) is 27.8. The molecule has 2 aromatic rings. The van der Waals surface area contributed by atoms with Gasteiger partial charge in [0, 0.05) is 13.1 Å². The minimum atomic E-state index is -0.393. The van der Waals surface area contributed by atoms with E-state index in [2.05, 4.69) is 12.2 Å². The number of carbonyl (C=O) groups excluding carboxylic acids is 2. The van der Waals surface area contributed by atoms with E-state index in [4.69, 9.17) is 11.6 Å². The lowest BCUT2D eigenvalue weighted by Gasteiger charge is -2.26. The second-order valence-corrected chi connectivity index (χ2v) is 7.81. The van der Waals surface area contributed by atoms with Crippen molar-refractivity contribution in [2.24, 2.45) is 5.92 Å². The second-order valence-electron chi connectivity index (χ2n) is 7.40. The molecule has 0 aromatic heterocycles. The minimum absolute atomic E-state index is 0.0852. The van der Waals surface area contributed by atoms with Crippen LogP contribution in [-0.2, 0) is 4.79 Å². The van der Waals surface area contributed by atoms with E-state index in [0.29, 0.717) is 16.5 Å². The third-order valence-corrected chi connectivity index (χ3v) is 5.36. The van der Waals surface area contributed by atoms with Gasteiger partial charge in [-0.25, -0.2) is 0 Å². The van der Waals surface area contributed by atoms with Crippen molar-refractivity contribution >= 4 is 23.4 Å². The zero-order chi connectivity index (χ0) is 19.9. The van der Waals surface area contributed by atoms with Crippen LogP contribution in [0, 0.1) is 5.92 Å². The maximum Gasteiger partial charge on any atom is 0.253 e. The molecule has 2 aromatic carbocycles. The highest BCUT2D eigenvalue weighted by molar-refractivity contribution is 6.33. The van der Waals surface area contributed by atoms with Gasteiger partial charge in [-0.15, -0.1) is 0 Å². The highest BCUT2D eigenvalue weighted by Crippen LogP contribution is 2.30. The van der Waals surface area contributed by atoms with Crippen molar-refractivity contribution in [2.75, 3.05) is 13.1 Å². The first-order chi connectivity index (χ1) is 13.6. The molecular weight excluding hydrogens is 372 g/mol. The van der Waals surface area contributed by atoms with Gasteiger partial charge in [-0.3, -0.25) is 9.59 Å². The monoisotopic (exact) mass is 398 g/mol. The first-order valence-electron chi connectivity index (χ1n) is 9.96. The molecule has 28 heavy (non-hydrogen) atoms. The van der Waals surface area contributed by atoms with Crippen LogP contribution in [0.15, 0.2) is 54.6 Å². The van der Waals surface area contributed by atoms with Crippen LogP contribution in [0.3, 0.4) is 0 Å². The van der Waals surface area contributed by atoms with Crippen LogP contribution >= 0.6 is 11.6 Å². The van der Waals surface area contributed by atoms with Gasteiger partial charge in [-0.1, -0.05) is 61.0 Å². The van der Waals surface area contributed by atoms with Crippen LogP contribution in [-0.4, -0.2) is 29.8 Å². The lowest BCUT2D eigenvalue weighted by molar-refractivity contribution is -0.132. The summed E-state index contributed by atoms with van der Waals surface area (Å²) in [6.07, 6.45) is 3.59. The Kier molecular flexibility index (Phi) is 7.10. The predicted octanol–water partition coefficient (Wildman–Crippen LogP) is 4.85. The molecule has 1 unspecified atom stereocenters. The minimum Gasteiger partial charge on any atom is -0.345 e. The van der Waals surface area contributed by atoms with Crippen molar-refractivity contribution in [3.63, 3.8) is 0 Å². The Morgan fingerprint density at radius 1 is 1.11 bits per heavy atom. The molecular formula is C23H27ClN2O2. The molecule has 1 fully saturated rings. The molecule has 3 rings (SSSR count). The maximum atomic E-state index is 13.0. The van der Waals surface area contributed by atoms with E-state index >= 15 is 0 Å². The van der Waals surface area contributed by atoms with E-state index in [1.54, 1.807) is 24.3 Å². The van der Waals surface area contributed by atoms with Crippen LogP contribution < -0.4 is 5.32 Å². The highest BCUT2D eigenvalue weighted by atomic mass is 35.5. The molecule has 1 aliphatic rings. The van der Waals surface area contributed by atoms with E-state index in [1.807, 2.05) is 35.2 Å². The van der Waals surface area contributed by atoms with Crippen molar-refractivity contribution in [2.45, 2.75) is 38.6 Å². The van der Waals surface area contributed by atoms with E-state index in [0.717, 1.165) is 25.1 Å². The Morgan fingerprint density at radius 3 is 2.43 bits per heavy atom. The van der Waals surface area contributed by atoms with Gasteiger partial charge in [0.1, 0.15) is 0 Å². The number of hydrogen-bond acceptors (Lipinski definition) is 2. The quantitative estimate of drug-likeness (QED) is 0.656. The topological polar surface area (TPSA) is 49.4 Å². The molecule has 148 valence electrons. The molecule has 0 radical (unpaired) electrons. The third-order valence-electron chi connectivity index (χ3n) is 5.03. The number of rotatable bonds is 9. The molecule has 0 saturated heterocycles. The van der Waals surface area contributed by atoms with Crippen molar-refractivity contribution in [3.05, 3.63) is 70.7 Å². The van der Waals surface area contributed by atoms with Gasteiger partial charge in [0.15, 0.2) is 0 Å². The van der Waals surface area contributed by atoms with E-state index in [1.165, 1.54) is 12.8 Å². The van der Waals surface area contributed by atoms with Crippen LogP contribution in [0.25, 0.3) is 0 Å². The summed E-state index contributed by atoms with van der Waals surface area (Å²) in [5.74, 6) is 0.460. The van der Waals surface area contributed by atoms with E-state index in [-0.39, 0.29) is 18.2 Å². The molecule has 0 bridgehead atoms. The van der Waals surface area contributed by atoms with Gasteiger partial charge < -0.3 is 10.2 Å². The molecule has 0 spiro atoms. The van der Waals surface area contributed by atoms with Crippen molar-refractivity contribution < 1.29 is 9.59 Å². The number of amides is 2. The van der Waals surface area contributed by atoms with Gasteiger partial charge in [0.25, 0.3) is 5.91 Å². The van der Waals surface area contributed by atoms with Crippen LogP contribution in [0.1, 0.15) is 54.6 Å². The van der Waals surface area contributed by atoms with Crippen LogP contribution in [0.4, 0.5) is 0 Å². The smallest absolute Gasteiger partial charge is 0.253 e. The van der Waals surface area contributed by atoms with Crippen LogP contribution in [0.5, 0.6) is 0 Å². The molecule has 4 nitrogen and oxygen atoms in total. The summed E-state index contributed by atoms with van der Waals surface area (Å²) in [5.41, 5.74) is 1.33. The normalized spacial score (nSPS) is 14.4. The SMILES string of the molecule is CCCN(CC1CC1)C(=O)CC(NC(=O)c1ccccc1Cl)c1ccccc1. The first kappa shape index (κ1) is 20.4. The van der Waals surface area contributed by atoms with Crippen LogP contribution in [0.2, 0.25) is 5.02 Å². The van der Waals surface area contributed by atoms with Crippen molar-refractivity contribution in [1.29, 1.82) is 0 Å². The van der Waals surface area contributed by atoms with Gasteiger partial charge in [0.05, 0.1) is 23.0 Å². The number of benzene rings is 2. The Morgan fingerprint density at radius 2 is 1.79 bits per heavy atom. The summed E-state index contributed by atoms with van der Waals surface area (Å²) >= 11 is 6.17. The molecule has 0 heterocycles. The van der Waals surface area contributed by atoms with E-state index < -0.39 is 6.04 Å². The van der Waals surface area contributed by atoms with Gasteiger partial charge >= 0.3 is 0 Å². The fourth-order valence-corrected chi connectivity index (χ4v) is 3.54. The first-order valence-corrected chi connectivity index (χ1v) is 10.3. The number of hydrogen-bond donors (Lipinski definition) is 1. The molecule has 0 aliphatic heterocycles. The fourth-order valence-electron chi connectivity index (χ4n) is 3.32. The molecule has 5 heteroatoms. The summed E-state index contributed by atoms with van der Waals surface area (Å²) in [6.45, 7) is 3.67. The Labute approximate surface area is 171 Å². The highest BCUT2D eigenvalue weighted by Gasteiger charge is 2.28. The van der Waals surface area contributed by atoms with Gasteiger partial charge in [0.2, 0.25) is 5.91 Å². The molecule has 2 amide bonds. The standard InChI is InChI=1S/C23H27ClN2O2/c1-2-14-26(16-17-12-13-17)22(27)15-21(18-8-4-3-5-9-18)25-23(28)19-10-6-7-11-20(19)24/h3-11,17,21H,2,12-16H2,1H3,(H,25,28). The lowest BCUT2D eigenvalue weighted by Crippen LogP contribution is -2.38. The summed E-state index contributed by atoms with van der Waals surface area (Å²) in [5, 5.41) is 3.42. The molecule has 1 aliphatic carbocycles. The average molecular weight is 399 g/mol. The summed E-state index contributed by atoms with van der Waals surface area (Å²) in [6, 6.07) is 16.2. The molecule has 1 N–H and O–H groups in total. The zero-order valence-corrected chi connectivity index (χ0v) is 17.0. The summed E-state index contributed by atoms with van der Waals surface area (Å²) < 4.78 is 0. The Balaban J connectivity index is 1.76. The largest absolute Gasteiger partial charge is 0.345 e.